The number of hydrazone groups is 1. The van der Waals surface area contributed by atoms with Crippen molar-refractivity contribution in [3.63, 3.8) is 0 Å². The second-order valence-corrected chi connectivity index (χ2v) is 4.47. The van der Waals surface area contributed by atoms with Crippen LogP contribution in [0, 0.1) is 0 Å². The molecule has 2 aromatic rings. The van der Waals surface area contributed by atoms with E-state index in [-0.39, 0.29) is 17.3 Å². The summed E-state index contributed by atoms with van der Waals surface area (Å²) in [5, 5.41) is 13.6. The minimum Gasteiger partial charge on any atom is -0.504 e. The number of benzene rings is 1. The van der Waals surface area contributed by atoms with Crippen LogP contribution < -0.4 is 15.7 Å². The van der Waals surface area contributed by atoms with Crippen molar-refractivity contribution in [1.82, 2.24) is 9.97 Å². The number of aromatic amines is 1. The zero-order valence-corrected chi connectivity index (χ0v) is 12.5. The Bertz CT molecular complexity index is 725. The monoisotopic (exact) mass is 302 g/mol. The van der Waals surface area contributed by atoms with E-state index in [9.17, 15) is 9.90 Å². The van der Waals surface area contributed by atoms with Gasteiger partial charge in [-0.15, -0.1) is 0 Å². The molecule has 0 spiro atoms. The maximum atomic E-state index is 11.4. The van der Waals surface area contributed by atoms with Crippen molar-refractivity contribution in [2.75, 3.05) is 12.0 Å². The van der Waals surface area contributed by atoms with Gasteiger partial charge in [0.05, 0.1) is 12.8 Å². The molecule has 0 aliphatic heterocycles. The summed E-state index contributed by atoms with van der Waals surface area (Å²) in [6.07, 6.45) is 2.21. The molecule has 0 radical (unpaired) electrons. The average molecular weight is 302 g/mol. The van der Waals surface area contributed by atoms with Crippen LogP contribution >= 0.6 is 0 Å². The van der Waals surface area contributed by atoms with Gasteiger partial charge in [-0.1, -0.05) is 6.92 Å². The van der Waals surface area contributed by atoms with Crippen LogP contribution in [0.1, 0.15) is 25.1 Å². The number of H-pyrrole nitrogens is 1. The van der Waals surface area contributed by atoms with Crippen molar-refractivity contribution >= 4 is 12.2 Å². The van der Waals surface area contributed by atoms with Crippen molar-refractivity contribution in [2.45, 2.75) is 20.3 Å². The van der Waals surface area contributed by atoms with E-state index in [0.29, 0.717) is 24.5 Å². The third kappa shape index (κ3) is 4.08. The molecule has 0 atom stereocenters. The summed E-state index contributed by atoms with van der Waals surface area (Å²) >= 11 is 0. The molecule has 7 nitrogen and oxygen atoms in total. The van der Waals surface area contributed by atoms with E-state index in [0.717, 1.165) is 5.56 Å². The number of phenolic OH excluding ortho intramolecular Hbond substituents is 1. The van der Waals surface area contributed by atoms with Gasteiger partial charge in [-0.05, 0) is 37.1 Å². The summed E-state index contributed by atoms with van der Waals surface area (Å²) < 4.78 is 5.30. The van der Waals surface area contributed by atoms with E-state index in [2.05, 4.69) is 20.5 Å². The average Bonchev–Trinajstić information content (AvgIpc) is 2.50. The van der Waals surface area contributed by atoms with Crippen LogP contribution in [-0.4, -0.2) is 27.9 Å². The maximum absolute atomic E-state index is 11.4. The first kappa shape index (κ1) is 15.6. The summed E-state index contributed by atoms with van der Waals surface area (Å²) in [6.45, 7) is 4.21. The first-order chi connectivity index (χ1) is 10.6. The lowest BCUT2D eigenvalue weighted by Crippen LogP contribution is -2.11. The Kier molecular flexibility index (Phi) is 5.13. The highest BCUT2D eigenvalue weighted by molar-refractivity contribution is 5.81. The van der Waals surface area contributed by atoms with Gasteiger partial charge in [0.2, 0.25) is 5.95 Å². The Balaban J connectivity index is 2.11. The first-order valence-corrected chi connectivity index (χ1v) is 6.97. The molecule has 1 aromatic heterocycles. The molecule has 0 saturated heterocycles. The Morgan fingerprint density at radius 3 is 2.95 bits per heavy atom. The number of nitrogens with one attached hydrogen (secondary N) is 2. The quantitative estimate of drug-likeness (QED) is 0.559. The molecule has 0 bridgehead atoms. The number of aromatic nitrogens is 2. The van der Waals surface area contributed by atoms with E-state index in [4.69, 9.17) is 4.74 Å². The molecule has 0 unspecified atom stereocenters. The maximum Gasteiger partial charge on any atom is 0.252 e. The molecule has 0 aliphatic rings. The number of hydrogen-bond acceptors (Lipinski definition) is 6. The zero-order chi connectivity index (χ0) is 15.9. The Labute approximate surface area is 127 Å². The lowest BCUT2D eigenvalue weighted by molar-refractivity contribution is 0.318. The van der Waals surface area contributed by atoms with Crippen molar-refractivity contribution in [3.05, 3.63) is 45.9 Å². The predicted octanol–water partition coefficient (Wildman–Crippen LogP) is 1.88. The minimum absolute atomic E-state index is 0.0774. The van der Waals surface area contributed by atoms with E-state index in [1.54, 1.807) is 18.3 Å². The normalized spacial score (nSPS) is 10.8. The molecule has 22 heavy (non-hydrogen) atoms. The van der Waals surface area contributed by atoms with Crippen molar-refractivity contribution in [2.24, 2.45) is 5.10 Å². The Morgan fingerprint density at radius 2 is 2.23 bits per heavy atom. The van der Waals surface area contributed by atoms with Gasteiger partial charge in [-0.2, -0.15) is 5.10 Å². The second kappa shape index (κ2) is 7.26. The van der Waals surface area contributed by atoms with Crippen LogP contribution in [0.25, 0.3) is 0 Å². The largest absolute Gasteiger partial charge is 0.504 e. The van der Waals surface area contributed by atoms with Gasteiger partial charge in [0.15, 0.2) is 11.5 Å². The molecule has 2 rings (SSSR count). The zero-order valence-electron chi connectivity index (χ0n) is 12.5. The van der Waals surface area contributed by atoms with Gasteiger partial charge in [-0.25, -0.2) is 10.4 Å². The highest BCUT2D eigenvalue weighted by atomic mass is 16.5. The summed E-state index contributed by atoms with van der Waals surface area (Å²) in [5.74, 6) is 0.754. The van der Waals surface area contributed by atoms with Gasteiger partial charge in [-0.3, -0.25) is 9.78 Å². The van der Waals surface area contributed by atoms with E-state index in [1.165, 1.54) is 12.1 Å². The number of ether oxygens (including phenoxy) is 1. The lowest BCUT2D eigenvalue weighted by atomic mass is 10.2. The van der Waals surface area contributed by atoms with Crippen LogP contribution in [-0.2, 0) is 6.42 Å². The fourth-order valence-corrected chi connectivity index (χ4v) is 1.79. The summed E-state index contributed by atoms with van der Waals surface area (Å²) in [5.41, 5.74) is 3.87. The molecule has 0 amide bonds. The molecule has 0 saturated carbocycles. The lowest BCUT2D eigenvalue weighted by Gasteiger charge is -2.06. The van der Waals surface area contributed by atoms with Gasteiger partial charge in [0.1, 0.15) is 0 Å². The number of nitrogens with zero attached hydrogens (tertiary/aromatic N) is 2. The first-order valence-electron chi connectivity index (χ1n) is 6.97. The number of rotatable bonds is 6. The van der Waals surface area contributed by atoms with Crippen molar-refractivity contribution in [3.8, 4) is 11.5 Å². The van der Waals surface area contributed by atoms with Crippen LogP contribution in [0.2, 0.25) is 0 Å². The van der Waals surface area contributed by atoms with Crippen LogP contribution in [0.4, 0.5) is 5.95 Å². The summed E-state index contributed by atoms with van der Waals surface area (Å²) in [7, 11) is 0. The van der Waals surface area contributed by atoms with Gasteiger partial charge in [0, 0.05) is 11.8 Å². The Hall–Kier alpha value is -2.83. The molecule has 3 N–H and O–H groups in total. The highest BCUT2D eigenvalue weighted by Gasteiger charge is 2.02. The smallest absolute Gasteiger partial charge is 0.252 e. The topological polar surface area (TPSA) is 99.6 Å². The molecular weight excluding hydrogens is 284 g/mol. The minimum atomic E-state index is -0.229. The van der Waals surface area contributed by atoms with Gasteiger partial charge >= 0.3 is 0 Å². The fraction of sp³-hybridized carbons (Fsp3) is 0.267. The van der Waals surface area contributed by atoms with Crippen LogP contribution in [0.5, 0.6) is 11.5 Å². The van der Waals surface area contributed by atoms with Crippen molar-refractivity contribution < 1.29 is 9.84 Å². The van der Waals surface area contributed by atoms with Crippen LogP contribution in [0.3, 0.4) is 0 Å². The van der Waals surface area contributed by atoms with Gasteiger partial charge in [0.25, 0.3) is 5.56 Å². The van der Waals surface area contributed by atoms with E-state index in [1.807, 2.05) is 13.8 Å². The second-order valence-electron chi connectivity index (χ2n) is 4.47. The molecule has 0 fully saturated rings. The third-order valence-corrected chi connectivity index (χ3v) is 2.82. The molecule has 0 aliphatic carbocycles. The number of aromatic hydroxyl groups is 1. The predicted molar refractivity (Wildman–Crippen MR) is 84.7 cm³/mol. The number of anilines is 1. The highest BCUT2D eigenvalue weighted by Crippen LogP contribution is 2.26. The molecule has 1 aromatic carbocycles. The Morgan fingerprint density at radius 1 is 1.41 bits per heavy atom. The van der Waals surface area contributed by atoms with Gasteiger partial charge < -0.3 is 9.84 Å². The third-order valence-electron chi connectivity index (χ3n) is 2.82. The number of aryl methyl sites for hydroxylation is 1. The molecule has 7 heteroatoms. The van der Waals surface area contributed by atoms with E-state index < -0.39 is 0 Å². The number of hydrogen-bond donors (Lipinski definition) is 3. The van der Waals surface area contributed by atoms with Crippen molar-refractivity contribution in [1.29, 1.82) is 0 Å². The molecule has 116 valence electrons. The molecule has 1 heterocycles. The fourth-order valence-electron chi connectivity index (χ4n) is 1.79. The van der Waals surface area contributed by atoms with E-state index >= 15 is 0 Å². The number of phenols is 1. The molecular formula is C15H18N4O3. The summed E-state index contributed by atoms with van der Waals surface area (Å²) in [6, 6.07) is 6.34. The summed E-state index contributed by atoms with van der Waals surface area (Å²) in [4.78, 5) is 18.2. The standard InChI is InChI=1S/C15H18N4O3/c1-3-11-8-14(21)18-15(17-11)19-16-9-10-5-6-12(20)13(7-10)22-4-2/h5-9,20H,3-4H2,1-2H3,(H2,17,18,19,21)/b16-9-. The van der Waals surface area contributed by atoms with Crippen LogP contribution in [0.15, 0.2) is 34.2 Å². The SMILES string of the molecule is CCOc1cc(/C=N\Nc2nc(CC)cc(=O)[nH]2)ccc1O.